The summed E-state index contributed by atoms with van der Waals surface area (Å²) in [6.45, 7) is 20.9. The van der Waals surface area contributed by atoms with E-state index in [0.29, 0.717) is 26.1 Å². The minimum Gasteiger partial charge on any atom is -0.457 e. The molecule has 0 unspecified atom stereocenters. The molecule has 1 amide bonds. The van der Waals surface area contributed by atoms with Gasteiger partial charge in [-0.05, 0) is 49.4 Å². The third-order valence-electron chi connectivity index (χ3n) is 7.89. The summed E-state index contributed by atoms with van der Waals surface area (Å²) < 4.78 is 28.2. The van der Waals surface area contributed by atoms with Crippen LogP contribution in [0.1, 0.15) is 40.5 Å². The van der Waals surface area contributed by atoms with E-state index < -0.39 is 44.6 Å². The number of carbonyl (C=O) groups excluding carboxylic acids is 3. The highest BCUT2D eigenvalue weighted by molar-refractivity contribution is 6.74. The van der Waals surface area contributed by atoms with Crippen molar-refractivity contribution in [3.05, 3.63) is 36.6 Å². The van der Waals surface area contributed by atoms with Crippen molar-refractivity contribution in [2.45, 2.75) is 76.9 Å². The number of carbonyl (C=O) groups is 3. The third kappa shape index (κ3) is 5.86. The van der Waals surface area contributed by atoms with Gasteiger partial charge in [0.25, 0.3) is 0 Å². The van der Waals surface area contributed by atoms with E-state index in [1.165, 1.54) is 17.1 Å². The monoisotopic (exact) mass is 535 g/mol. The van der Waals surface area contributed by atoms with Gasteiger partial charge >= 0.3 is 12.1 Å². The Morgan fingerprint density at radius 1 is 1.19 bits per heavy atom. The zero-order chi connectivity index (χ0) is 27.5. The number of β-lactam (4-membered cyclic amide) rings is 1. The second kappa shape index (κ2) is 11.5. The number of esters is 1. The lowest BCUT2D eigenvalue weighted by atomic mass is 9.78. The molecule has 3 rings (SSSR count). The fourth-order valence-electron chi connectivity index (χ4n) is 4.94. The van der Waals surface area contributed by atoms with Crippen LogP contribution in [0.15, 0.2) is 36.6 Å². The molecule has 9 nitrogen and oxygen atoms in total. The largest absolute Gasteiger partial charge is 0.508 e. The standard InChI is InChI=1S/C27H41NO8Si/c1-9-13-33-25(30)22-20-18(12-16-35-37(7,8)27(4,5)6)11-15-32-23(20)21-19(24(29)28(21)22)17(3)36-26(31)34-14-10-2/h9-10,17-19,21,23H,1-2,11-16H2,3-8H3/t17-,18-,19-,21+,23+/m1/s1. The van der Waals surface area contributed by atoms with Crippen LogP contribution >= 0.6 is 0 Å². The molecular formula is C27H41NO8Si. The number of amides is 1. The van der Waals surface area contributed by atoms with Gasteiger partial charge in [0.15, 0.2) is 8.32 Å². The van der Waals surface area contributed by atoms with E-state index in [1.54, 1.807) is 6.92 Å². The Morgan fingerprint density at radius 2 is 1.84 bits per heavy atom. The van der Waals surface area contributed by atoms with Crippen molar-refractivity contribution in [3.63, 3.8) is 0 Å². The van der Waals surface area contributed by atoms with Crippen molar-refractivity contribution in [2.75, 3.05) is 26.4 Å². The average molecular weight is 536 g/mol. The fraction of sp³-hybridized carbons (Fsp3) is 0.667. The molecule has 0 aromatic carbocycles. The summed E-state index contributed by atoms with van der Waals surface area (Å²) in [7, 11) is -1.94. The fourth-order valence-corrected chi connectivity index (χ4v) is 6.00. The van der Waals surface area contributed by atoms with Crippen LogP contribution in [0.25, 0.3) is 0 Å². The molecule has 37 heavy (non-hydrogen) atoms. The number of fused-ring (bicyclic) bond motifs is 3. The molecule has 2 fully saturated rings. The Hall–Kier alpha value is -2.43. The molecule has 3 aliphatic heterocycles. The summed E-state index contributed by atoms with van der Waals surface area (Å²) in [5, 5.41) is 0.0882. The second-order valence-corrected chi connectivity index (χ2v) is 16.1. The molecular weight excluding hydrogens is 494 g/mol. The van der Waals surface area contributed by atoms with E-state index >= 15 is 0 Å². The Labute approximate surface area is 220 Å². The van der Waals surface area contributed by atoms with E-state index in [-0.39, 0.29) is 35.8 Å². The number of hydrogen-bond donors (Lipinski definition) is 0. The zero-order valence-electron chi connectivity index (χ0n) is 22.9. The summed E-state index contributed by atoms with van der Waals surface area (Å²) in [6.07, 6.45) is 2.23. The molecule has 0 aliphatic carbocycles. The van der Waals surface area contributed by atoms with Gasteiger partial charge in [-0.1, -0.05) is 46.1 Å². The van der Waals surface area contributed by atoms with Crippen molar-refractivity contribution in [1.82, 2.24) is 4.90 Å². The van der Waals surface area contributed by atoms with Crippen LogP contribution in [0.2, 0.25) is 18.1 Å². The highest BCUT2D eigenvalue weighted by Crippen LogP contribution is 2.51. The SMILES string of the molecule is C=CCOC(=O)O[C@H](C)[C@H]1C(=O)N2C(C(=O)OCC=C)=C3[C@@H](CCO[Si](C)(C)C(C)(C)C)CCO[C@@H]3[C@H]12. The lowest BCUT2D eigenvalue weighted by Gasteiger charge is -2.47. The Morgan fingerprint density at radius 3 is 2.46 bits per heavy atom. The van der Waals surface area contributed by atoms with Gasteiger partial charge in [0.1, 0.15) is 31.1 Å². The van der Waals surface area contributed by atoms with Crippen LogP contribution in [0.4, 0.5) is 4.79 Å². The van der Waals surface area contributed by atoms with E-state index in [4.69, 9.17) is 23.4 Å². The summed E-state index contributed by atoms with van der Waals surface area (Å²) in [6, 6.07) is -0.458. The van der Waals surface area contributed by atoms with Gasteiger partial charge in [-0.2, -0.15) is 0 Å². The summed E-state index contributed by atoms with van der Waals surface area (Å²) in [4.78, 5) is 39.9. The van der Waals surface area contributed by atoms with Crippen molar-refractivity contribution < 1.29 is 37.8 Å². The molecule has 3 aliphatic rings. The highest BCUT2D eigenvalue weighted by atomic mass is 28.4. The van der Waals surface area contributed by atoms with Crippen molar-refractivity contribution in [2.24, 2.45) is 11.8 Å². The lowest BCUT2D eigenvalue weighted by Crippen LogP contribution is -2.66. The van der Waals surface area contributed by atoms with Crippen LogP contribution in [0.5, 0.6) is 0 Å². The number of hydrogen-bond acceptors (Lipinski definition) is 8. The smallest absolute Gasteiger partial charge is 0.457 e. The van der Waals surface area contributed by atoms with Gasteiger partial charge in [-0.15, -0.1) is 0 Å². The molecule has 5 atom stereocenters. The molecule has 0 aromatic heterocycles. The number of nitrogens with zero attached hydrogens (tertiary/aromatic N) is 1. The molecule has 0 aromatic rings. The number of rotatable bonds is 11. The predicted octanol–water partition coefficient (Wildman–Crippen LogP) is 4.36. The maximum absolute atomic E-state index is 13.3. The summed E-state index contributed by atoms with van der Waals surface area (Å²) in [5.41, 5.74) is 1.03. The van der Waals surface area contributed by atoms with E-state index in [1.807, 2.05) is 0 Å². The topological polar surface area (TPSA) is 101 Å². The summed E-state index contributed by atoms with van der Waals surface area (Å²) >= 11 is 0. The first-order chi connectivity index (χ1) is 17.4. The lowest BCUT2D eigenvalue weighted by molar-refractivity contribution is -0.170. The number of ether oxygens (including phenoxy) is 4. The molecule has 0 spiro atoms. The first-order valence-corrected chi connectivity index (χ1v) is 15.8. The van der Waals surface area contributed by atoms with Gasteiger partial charge in [-0.3, -0.25) is 9.69 Å². The van der Waals surface area contributed by atoms with E-state index in [0.717, 1.165) is 5.57 Å². The highest BCUT2D eigenvalue weighted by Gasteiger charge is 2.64. The quantitative estimate of drug-likeness (QED) is 0.167. The van der Waals surface area contributed by atoms with Crippen LogP contribution in [-0.4, -0.2) is 75.9 Å². The second-order valence-electron chi connectivity index (χ2n) is 11.3. The van der Waals surface area contributed by atoms with Gasteiger partial charge in [0.2, 0.25) is 5.91 Å². The van der Waals surface area contributed by atoms with Crippen LogP contribution in [-0.2, 0) is 33.0 Å². The maximum Gasteiger partial charge on any atom is 0.508 e. The van der Waals surface area contributed by atoms with Crippen molar-refractivity contribution >= 4 is 26.3 Å². The average Bonchev–Trinajstić information content (AvgIpc) is 3.11. The first-order valence-electron chi connectivity index (χ1n) is 12.9. The van der Waals surface area contributed by atoms with Gasteiger partial charge in [0.05, 0.1) is 12.0 Å². The minimum atomic E-state index is -1.94. The molecule has 10 heteroatoms. The van der Waals surface area contributed by atoms with E-state index in [2.05, 4.69) is 47.0 Å². The molecule has 0 N–H and O–H groups in total. The zero-order valence-corrected chi connectivity index (χ0v) is 23.9. The van der Waals surface area contributed by atoms with Crippen molar-refractivity contribution in [3.8, 4) is 0 Å². The maximum atomic E-state index is 13.3. The predicted molar refractivity (Wildman–Crippen MR) is 140 cm³/mol. The first kappa shape index (κ1) is 29.1. The van der Waals surface area contributed by atoms with E-state index in [9.17, 15) is 14.4 Å². The Kier molecular flexibility index (Phi) is 9.08. The normalized spacial score (nSPS) is 26.0. The van der Waals surface area contributed by atoms with Crippen LogP contribution in [0.3, 0.4) is 0 Å². The molecule has 3 heterocycles. The molecule has 206 valence electrons. The molecule has 0 radical (unpaired) electrons. The van der Waals surface area contributed by atoms with Crippen LogP contribution in [0, 0.1) is 11.8 Å². The summed E-state index contributed by atoms with van der Waals surface area (Å²) in [5.74, 6) is -1.54. The Bertz CT molecular complexity index is 953. The van der Waals surface area contributed by atoms with Gasteiger partial charge in [-0.25, -0.2) is 9.59 Å². The van der Waals surface area contributed by atoms with Gasteiger partial charge in [0, 0.05) is 13.2 Å². The Balaban J connectivity index is 1.83. The third-order valence-corrected chi connectivity index (χ3v) is 12.4. The molecule has 2 saturated heterocycles. The molecule has 0 saturated carbocycles. The van der Waals surface area contributed by atoms with Crippen molar-refractivity contribution in [1.29, 1.82) is 0 Å². The minimum absolute atomic E-state index is 0.00244. The van der Waals surface area contributed by atoms with Gasteiger partial charge < -0.3 is 23.4 Å². The molecule has 0 bridgehead atoms. The van der Waals surface area contributed by atoms with Crippen LogP contribution < -0.4 is 0 Å².